The molecular formula is C10H21N3S. The molecule has 4 heteroatoms. The Kier molecular flexibility index (Phi) is 4.78. The number of thiocarbonyl (C=S) groups is 1. The number of hydrogen-bond acceptors (Lipinski definition) is 3. The molecule has 1 fully saturated rings. The predicted octanol–water partition coefficient (Wildman–Crippen LogP) is 0.689. The third kappa shape index (κ3) is 3.90. The van der Waals surface area contributed by atoms with Crippen LogP contribution in [0.4, 0.5) is 0 Å². The lowest BCUT2D eigenvalue weighted by Gasteiger charge is -2.36. The van der Waals surface area contributed by atoms with Crippen molar-refractivity contribution in [1.82, 2.24) is 9.80 Å². The van der Waals surface area contributed by atoms with Crippen LogP contribution >= 0.6 is 12.2 Å². The number of piperazine rings is 1. The Labute approximate surface area is 92.2 Å². The molecule has 1 saturated heterocycles. The molecule has 0 bridgehead atoms. The third-order valence-corrected chi connectivity index (χ3v) is 3.02. The van der Waals surface area contributed by atoms with E-state index in [4.69, 9.17) is 18.0 Å². The van der Waals surface area contributed by atoms with Crippen LogP contribution in [0.25, 0.3) is 0 Å². The summed E-state index contributed by atoms with van der Waals surface area (Å²) in [4.78, 5) is 5.59. The lowest BCUT2D eigenvalue weighted by Crippen LogP contribution is -2.49. The van der Waals surface area contributed by atoms with Gasteiger partial charge >= 0.3 is 0 Å². The molecular weight excluding hydrogens is 194 g/mol. The third-order valence-electron chi connectivity index (χ3n) is 2.81. The van der Waals surface area contributed by atoms with Crippen LogP contribution in [0.15, 0.2) is 0 Å². The Morgan fingerprint density at radius 3 is 2.29 bits per heavy atom. The van der Waals surface area contributed by atoms with Gasteiger partial charge in [-0.2, -0.15) is 0 Å². The quantitative estimate of drug-likeness (QED) is 0.699. The first-order chi connectivity index (χ1) is 6.59. The molecule has 82 valence electrons. The minimum Gasteiger partial charge on any atom is -0.393 e. The van der Waals surface area contributed by atoms with Crippen molar-refractivity contribution in [1.29, 1.82) is 0 Å². The van der Waals surface area contributed by atoms with Crippen LogP contribution in [0.2, 0.25) is 0 Å². The van der Waals surface area contributed by atoms with Crippen molar-refractivity contribution in [3.63, 3.8) is 0 Å². The zero-order valence-corrected chi connectivity index (χ0v) is 10.0. The van der Waals surface area contributed by atoms with E-state index >= 15 is 0 Å². The highest BCUT2D eigenvalue weighted by atomic mass is 32.1. The van der Waals surface area contributed by atoms with Crippen molar-refractivity contribution in [2.45, 2.75) is 26.3 Å². The SMILES string of the molecule is CC(C)N1CCN(CCC(N)=S)CC1. The van der Waals surface area contributed by atoms with Gasteiger partial charge in [0.25, 0.3) is 0 Å². The van der Waals surface area contributed by atoms with Crippen LogP contribution in [0.1, 0.15) is 20.3 Å². The number of hydrogen-bond donors (Lipinski definition) is 1. The first-order valence-corrected chi connectivity index (χ1v) is 5.75. The van der Waals surface area contributed by atoms with Gasteiger partial charge in [-0.25, -0.2) is 0 Å². The lowest BCUT2D eigenvalue weighted by atomic mass is 10.2. The Hall–Kier alpha value is -0.190. The molecule has 1 rings (SSSR count). The Morgan fingerprint density at radius 2 is 1.86 bits per heavy atom. The molecule has 0 aromatic heterocycles. The van der Waals surface area contributed by atoms with Crippen LogP contribution in [0.5, 0.6) is 0 Å². The standard InChI is InChI=1S/C10H21N3S/c1-9(2)13-7-5-12(6-8-13)4-3-10(11)14/h9H,3-8H2,1-2H3,(H2,11,14). The maximum absolute atomic E-state index is 5.48. The van der Waals surface area contributed by atoms with Crippen molar-refractivity contribution in [2.75, 3.05) is 32.7 Å². The van der Waals surface area contributed by atoms with Gasteiger partial charge in [-0.3, -0.25) is 4.90 Å². The average Bonchev–Trinajstić information content (AvgIpc) is 2.15. The van der Waals surface area contributed by atoms with Crippen molar-refractivity contribution >= 4 is 17.2 Å². The molecule has 0 spiro atoms. The largest absolute Gasteiger partial charge is 0.393 e. The Morgan fingerprint density at radius 1 is 1.29 bits per heavy atom. The molecule has 0 atom stereocenters. The first-order valence-electron chi connectivity index (χ1n) is 5.34. The van der Waals surface area contributed by atoms with E-state index in [-0.39, 0.29) is 0 Å². The van der Waals surface area contributed by atoms with Crippen LogP contribution in [0, 0.1) is 0 Å². The zero-order chi connectivity index (χ0) is 10.6. The van der Waals surface area contributed by atoms with Crippen LogP contribution < -0.4 is 5.73 Å². The summed E-state index contributed by atoms with van der Waals surface area (Å²) in [5.41, 5.74) is 5.48. The highest BCUT2D eigenvalue weighted by Gasteiger charge is 2.17. The van der Waals surface area contributed by atoms with Gasteiger partial charge in [0, 0.05) is 45.2 Å². The van der Waals surface area contributed by atoms with E-state index < -0.39 is 0 Å². The fourth-order valence-electron chi connectivity index (χ4n) is 1.77. The number of nitrogens with zero attached hydrogens (tertiary/aromatic N) is 2. The molecule has 3 nitrogen and oxygen atoms in total. The summed E-state index contributed by atoms with van der Waals surface area (Å²) in [6.07, 6.45) is 0.858. The molecule has 0 unspecified atom stereocenters. The second-order valence-corrected chi connectivity index (χ2v) is 4.71. The van der Waals surface area contributed by atoms with E-state index in [0.717, 1.165) is 26.1 Å². The summed E-state index contributed by atoms with van der Waals surface area (Å²) in [5.74, 6) is 0. The topological polar surface area (TPSA) is 32.5 Å². The minimum atomic E-state index is 0.635. The van der Waals surface area contributed by atoms with E-state index in [1.54, 1.807) is 0 Å². The molecule has 0 aromatic carbocycles. The normalized spacial score (nSPS) is 20.2. The fraction of sp³-hybridized carbons (Fsp3) is 0.900. The summed E-state index contributed by atoms with van der Waals surface area (Å²) in [5, 5.41) is 0. The summed E-state index contributed by atoms with van der Waals surface area (Å²) in [7, 11) is 0. The van der Waals surface area contributed by atoms with Gasteiger partial charge in [0.1, 0.15) is 0 Å². The molecule has 2 N–H and O–H groups in total. The predicted molar refractivity (Wildman–Crippen MR) is 64.6 cm³/mol. The Balaban J connectivity index is 2.19. The number of rotatable bonds is 4. The van der Waals surface area contributed by atoms with Gasteiger partial charge in [-0.1, -0.05) is 12.2 Å². The average molecular weight is 215 g/mol. The molecule has 1 heterocycles. The molecule has 14 heavy (non-hydrogen) atoms. The molecule has 0 radical (unpaired) electrons. The first kappa shape index (κ1) is 11.9. The van der Waals surface area contributed by atoms with E-state index in [1.165, 1.54) is 13.1 Å². The zero-order valence-electron chi connectivity index (χ0n) is 9.20. The van der Waals surface area contributed by atoms with Crippen molar-refractivity contribution in [3.8, 4) is 0 Å². The Bertz CT molecular complexity index is 186. The van der Waals surface area contributed by atoms with E-state index in [2.05, 4.69) is 23.6 Å². The summed E-state index contributed by atoms with van der Waals surface area (Å²) < 4.78 is 0. The summed E-state index contributed by atoms with van der Waals surface area (Å²) in [6, 6.07) is 0.674. The van der Waals surface area contributed by atoms with E-state index in [1.807, 2.05) is 0 Å². The van der Waals surface area contributed by atoms with Gasteiger partial charge in [-0.15, -0.1) is 0 Å². The van der Waals surface area contributed by atoms with Gasteiger partial charge in [0.2, 0.25) is 0 Å². The van der Waals surface area contributed by atoms with Crippen molar-refractivity contribution < 1.29 is 0 Å². The molecule has 0 aliphatic carbocycles. The van der Waals surface area contributed by atoms with Gasteiger partial charge in [-0.05, 0) is 13.8 Å². The van der Waals surface area contributed by atoms with Crippen LogP contribution in [-0.2, 0) is 0 Å². The highest BCUT2D eigenvalue weighted by molar-refractivity contribution is 7.80. The molecule has 1 aliphatic rings. The van der Waals surface area contributed by atoms with Gasteiger partial charge in [0.05, 0.1) is 4.99 Å². The lowest BCUT2D eigenvalue weighted by molar-refractivity contribution is 0.111. The van der Waals surface area contributed by atoms with Crippen molar-refractivity contribution in [2.24, 2.45) is 5.73 Å². The second-order valence-electron chi connectivity index (χ2n) is 4.19. The number of nitrogens with two attached hydrogens (primary N) is 1. The molecule has 0 aromatic rings. The van der Waals surface area contributed by atoms with E-state index in [0.29, 0.717) is 11.0 Å². The molecule has 0 amide bonds. The minimum absolute atomic E-state index is 0.635. The van der Waals surface area contributed by atoms with Gasteiger partial charge < -0.3 is 10.6 Å². The maximum Gasteiger partial charge on any atom is 0.0740 e. The fourth-order valence-corrected chi connectivity index (χ4v) is 1.86. The molecule has 0 saturated carbocycles. The second kappa shape index (κ2) is 5.63. The van der Waals surface area contributed by atoms with Crippen LogP contribution in [0.3, 0.4) is 0 Å². The van der Waals surface area contributed by atoms with Crippen LogP contribution in [-0.4, -0.2) is 53.6 Å². The van der Waals surface area contributed by atoms with E-state index in [9.17, 15) is 0 Å². The monoisotopic (exact) mass is 215 g/mol. The summed E-state index contributed by atoms with van der Waals surface area (Å²) in [6.45, 7) is 10.2. The smallest absolute Gasteiger partial charge is 0.0740 e. The van der Waals surface area contributed by atoms with Crippen molar-refractivity contribution in [3.05, 3.63) is 0 Å². The maximum atomic E-state index is 5.48. The summed E-state index contributed by atoms with van der Waals surface area (Å²) >= 11 is 4.87. The highest BCUT2D eigenvalue weighted by Crippen LogP contribution is 2.05. The molecule has 1 aliphatic heterocycles. The van der Waals surface area contributed by atoms with Gasteiger partial charge in [0.15, 0.2) is 0 Å².